The summed E-state index contributed by atoms with van der Waals surface area (Å²) in [6, 6.07) is 2.00. The molecule has 0 aromatic heterocycles. The maximum atomic E-state index is 10.8. The Hall–Kier alpha value is -2.13. The number of phenols is 2. The highest BCUT2D eigenvalue weighted by Crippen LogP contribution is 2.26. The number of rotatable bonds is 2. The van der Waals surface area contributed by atoms with E-state index in [1.54, 1.807) is 0 Å². The van der Waals surface area contributed by atoms with Gasteiger partial charge >= 0.3 is 5.97 Å². The summed E-state index contributed by atoms with van der Waals surface area (Å²) in [6.07, 6.45) is 0. The molecule has 5 nitrogen and oxygen atoms in total. The van der Waals surface area contributed by atoms with Gasteiger partial charge in [0.1, 0.15) is 17.1 Å². The van der Waals surface area contributed by atoms with Crippen molar-refractivity contribution in [1.29, 1.82) is 0 Å². The fourth-order valence-electron chi connectivity index (χ4n) is 1.12. The van der Waals surface area contributed by atoms with Crippen molar-refractivity contribution >= 4 is 22.8 Å². The fraction of sp³-hybridized carbons (Fsp3) is 0.167. The standard InChI is InChI=1S/C12H10O5S/c1-7(13)18-4-2-3-8-5-9(12(16)17)11(15)6-10(8)14/h5-6,14-15H,4H2,1H3,(H,16,17). The molecule has 0 fully saturated rings. The Morgan fingerprint density at radius 1 is 1.28 bits per heavy atom. The second-order valence-electron chi connectivity index (χ2n) is 3.27. The van der Waals surface area contributed by atoms with E-state index in [1.807, 2.05) is 0 Å². The minimum atomic E-state index is -1.31. The number of benzene rings is 1. The zero-order valence-electron chi connectivity index (χ0n) is 9.43. The lowest BCUT2D eigenvalue weighted by atomic mass is 10.1. The van der Waals surface area contributed by atoms with Gasteiger partial charge in [-0.2, -0.15) is 0 Å². The molecule has 0 unspecified atom stereocenters. The van der Waals surface area contributed by atoms with Crippen molar-refractivity contribution in [3.63, 3.8) is 0 Å². The lowest BCUT2D eigenvalue weighted by Crippen LogP contribution is -1.97. The molecule has 1 aromatic rings. The molecule has 94 valence electrons. The van der Waals surface area contributed by atoms with Crippen LogP contribution in [0.2, 0.25) is 0 Å². The van der Waals surface area contributed by atoms with Crippen LogP contribution in [0, 0.1) is 11.8 Å². The van der Waals surface area contributed by atoms with Gasteiger partial charge in [0, 0.05) is 13.0 Å². The molecule has 0 saturated heterocycles. The Balaban J connectivity index is 2.98. The fourth-order valence-corrected chi connectivity index (χ4v) is 1.47. The van der Waals surface area contributed by atoms with Crippen molar-refractivity contribution < 1.29 is 24.9 Å². The van der Waals surface area contributed by atoms with Crippen LogP contribution in [-0.4, -0.2) is 32.2 Å². The molecule has 0 amide bonds. The Morgan fingerprint density at radius 3 is 2.50 bits per heavy atom. The first kappa shape index (κ1) is 13.9. The van der Waals surface area contributed by atoms with Crippen LogP contribution in [0.4, 0.5) is 0 Å². The molecule has 1 rings (SSSR count). The van der Waals surface area contributed by atoms with Crippen LogP contribution in [0.25, 0.3) is 0 Å². The van der Waals surface area contributed by atoms with Gasteiger partial charge in [0.15, 0.2) is 5.12 Å². The number of thioether (sulfide) groups is 1. The summed E-state index contributed by atoms with van der Waals surface area (Å²) in [4.78, 5) is 21.4. The summed E-state index contributed by atoms with van der Waals surface area (Å²) < 4.78 is 0. The third kappa shape index (κ3) is 3.71. The second kappa shape index (κ2) is 5.98. The van der Waals surface area contributed by atoms with Crippen molar-refractivity contribution in [3.8, 4) is 23.3 Å². The number of aromatic carboxylic acids is 1. The van der Waals surface area contributed by atoms with Gasteiger partial charge in [-0.1, -0.05) is 23.6 Å². The van der Waals surface area contributed by atoms with Crippen LogP contribution in [0.5, 0.6) is 11.5 Å². The molecule has 0 spiro atoms. The lowest BCUT2D eigenvalue weighted by molar-refractivity contribution is -0.109. The Morgan fingerprint density at radius 2 is 1.94 bits per heavy atom. The van der Waals surface area contributed by atoms with E-state index >= 15 is 0 Å². The molecule has 0 saturated carbocycles. The van der Waals surface area contributed by atoms with Crippen LogP contribution < -0.4 is 0 Å². The van der Waals surface area contributed by atoms with E-state index in [9.17, 15) is 19.8 Å². The van der Waals surface area contributed by atoms with E-state index in [1.165, 1.54) is 6.92 Å². The van der Waals surface area contributed by atoms with Crippen molar-refractivity contribution in [2.75, 3.05) is 5.75 Å². The van der Waals surface area contributed by atoms with Gasteiger partial charge < -0.3 is 15.3 Å². The van der Waals surface area contributed by atoms with Crippen LogP contribution in [0.15, 0.2) is 12.1 Å². The third-order valence-corrected chi connectivity index (χ3v) is 2.61. The predicted octanol–water partition coefficient (Wildman–Crippen LogP) is 1.43. The Labute approximate surface area is 107 Å². The molecule has 6 heteroatoms. The number of carboxylic acid groups (broad SMARTS) is 1. The zero-order valence-corrected chi connectivity index (χ0v) is 10.2. The van der Waals surface area contributed by atoms with E-state index < -0.39 is 11.7 Å². The van der Waals surface area contributed by atoms with E-state index in [0.717, 1.165) is 23.9 Å². The summed E-state index contributed by atoms with van der Waals surface area (Å²) >= 11 is 1.01. The van der Waals surface area contributed by atoms with Gasteiger partial charge in [-0.3, -0.25) is 4.79 Å². The molecule has 0 bridgehead atoms. The van der Waals surface area contributed by atoms with Crippen molar-refractivity contribution in [2.24, 2.45) is 0 Å². The van der Waals surface area contributed by atoms with Crippen LogP contribution >= 0.6 is 11.8 Å². The third-order valence-electron chi connectivity index (χ3n) is 1.92. The molecule has 0 aliphatic rings. The Bertz CT molecular complexity index is 554. The first-order valence-corrected chi connectivity index (χ1v) is 5.82. The van der Waals surface area contributed by atoms with Gasteiger partial charge in [-0.15, -0.1) is 0 Å². The van der Waals surface area contributed by atoms with Gasteiger partial charge in [-0.25, -0.2) is 4.79 Å². The topological polar surface area (TPSA) is 94.8 Å². The summed E-state index contributed by atoms with van der Waals surface area (Å²) in [6.45, 7) is 1.41. The average molecular weight is 266 g/mol. The number of carbonyl (C=O) groups is 2. The van der Waals surface area contributed by atoms with E-state index in [4.69, 9.17) is 5.11 Å². The number of aromatic hydroxyl groups is 2. The van der Waals surface area contributed by atoms with Crippen LogP contribution in [0.3, 0.4) is 0 Å². The highest BCUT2D eigenvalue weighted by molar-refractivity contribution is 8.13. The highest BCUT2D eigenvalue weighted by Gasteiger charge is 2.12. The van der Waals surface area contributed by atoms with Gasteiger partial charge in [-0.05, 0) is 6.07 Å². The SMILES string of the molecule is CC(=O)SCC#Cc1cc(C(=O)O)c(O)cc1O. The van der Waals surface area contributed by atoms with Gasteiger partial charge in [0.05, 0.1) is 11.3 Å². The zero-order chi connectivity index (χ0) is 13.7. The molecular formula is C12H10O5S. The Kier molecular flexibility index (Phi) is 4.63. The maximum Gasteiger partial charge on any atom is 0.339 e. The number of hydrogen-bond acceptors (Lipinski definition) is 5. The van der Waals surface area contributed by atoms with Gasteiger partial charge in [0.25, 0.3) is 0 Å². The largest absolute Gasteiger partial charge is 0.507 e. The molecule has 0 aliphatic carbocycles. The minimum absolute atomic E-state index is 0.0783. The molecule has 0 heterocycles. The number of hydrogen-bond donors (Lipinski definition) is 3. The number of phenolic OH excluding ortho intramolecular Hbond substituents is 1. The summed E-state index contributed by atoms with van der Waals surface area (Å²) in [5, 5.41) is 27.5. The number of carboxylic acids is 1. The molecule has 0 aliphatic heterocycles. The summed E-state index contributed by atoms with van der Waals surface area (Å²) in [5.74, 6) is 3.26. The molecule has 0 atom stereocenters. The first-order valence-electron chi connectivity index (χ1n) is 4.83. The smallest absolute Gasteiger partial charge is 0.339 e. The molecule has 3 N–H and O–H groups in total. The van der Waals surface area contributed by atoms with Crippen LogP contribution in [-0.2, 0) is 4.79 Å². The van der Waals surface area contributed by atoms with E-state index in [2.05, 4.69) is 11.8 Å². The molecule has 18 heavy (non-hydrogen) atoms. The maximum absolute atomic E-state index is 10.8. The van der Waals surface area contributed by atoms with Crippen molar-refractivity contribution in [3.05, 3.63) is 23.3 Å². The van der Waals surface area contributed by atoms with E-state index in [0.29, 0.717) is 0 Å². The quantitative estimate of drug-likeness (QED) is 0.701. The monoisotopic (exact) mass is 266 g/mol. The lowest BCUT2D eigenvalue weighted by Gasteiger charge is -2.02. The minimum Gasteiger partial charge on any atom is -0.507 e. The number of carbonyl (C=O) groups excluding carboxylic acids is 1. The van der Waals surface area contributed by atoms with Gasteiger partial charge in [0.2, 0.25) is 0 Å². The summed E-state index contributed by atoms with van der Waals surface area (Å²) in [5.41, 5.74) is -0.245. The average Bonchev–Trinajstić information content (AvgIpc) is 2.25. The van der Waals surface area contributed by atoms with Crippen LogP contribution in [0.1, 0.15) is 22.8 Å². The predicted molar refractivity (Wildman–Crippen MR) is 66.7 cm³/mol. The van der Waals surface area contributed by atoms with E-state index in [-0.39, 0.29) is 27.7 Å². The first-order chi connectivity index (χ1) is 8.41. The van der Waals surface area contributed by atoms with Crippen molar-refractivity contribution in [1.82, 2.24) is 0 Å². The molecule has 1 aromatic carbocycles. The highest BCUT2D eigenvalue weighted by atomic mass is 32.2. The second-order valence-corrected chi connectivity index (χ2v) is 4.43. The van der Waals surface area contributed by atoms with Crippen molar-refractivity contribution in [2.45, 2.75) is 6.92 Å². The molecule has 0 radical (unpaired) electrons. The normalized spacial score (nSPS) is 9.39. The summed E-state index contributed by atoms with van der Waals surface area (Å²) in [7, 11) is 0. The molecular weight excluding hydrogens is 256 g/mol.